The second-order valence-electron chi connectivity index (χ2n) is 9.54. The fraction of sp³-hybridized carbons (Fsp3) is 0.0556. The minimum atomic E-state index is 0.731. The maximum absolute atomic E-state index is 6.46. The zero-order chi connectivity index (χ0) is 27.7. The summed E-state index contributed by atoms with van der Waals surface area (Å²) in [4.78, 5) is 0. The Labute approximate surface area is 235 Å². The third-order valence-corrected chi connectivity index (χ3v) is 6.91. The highest BCUT2D eigenvalue weighted by Gasteiger charge is 2.15. The van der Waals surface area contributed by atoms with Crippen LogP contribution in [0.15, 0.2) is 146 Å². The maximum atomic E-state index is 6.46. The van der Waals surface area contributed by atoms with Crippen LogP contribution in [-0.4, -0.2) is 4.57 Å². The molecule has 0 saturated heterocycles. The topological polar surface area (TPSA) is 83.0 Å². The van der Waals surface area contributed by atoms with Crippen molar-refractivity contribution in [2.24, 2.45) is 17.2 Å². The summed E-state index contributed by atoms with van der Waals surface area (Å²) in [5, 5.41) is 4.81. The largest absolute Gasteiger partial charge is 0.405 e. The number of aromatic nitrogens is 1. The van der Waals surface area contributed by atoms with Crippen LogP contribution < -0.4 is 17.2 Å². The van der Waals surface area contributed by atoms with Gasteiger partial charge in [-0.1, -0.05) is 91.1 Å². The monoisotopic (exact) mass is 522 g/mol. The van der Waals surface area contributed by atoms with E-state index in [1.165, 1.54) is 39.0 Å². The van der Waals surface area contributed by atoms with Crippen LogP contribution in [0.1, 0.15) is 17.5 Å². The number of rotatable bonds is 9. The molecule has 1 heterocycles. The van der Waals surface area contributed by atoms with Crippen LogP contribution in [0.25, 0.3) is 44.0 Å². The highest BCUT2D eigenvalue weighted by molar-refractivity contribution is 6.18. The molecule has 5 rings (SSSR count). The molecular formula is C36H34N4. The minimum Gasteiger partial charge on any atom is -0.405 e. The smallest absolute Gasteiger partial charge is 0.0619 e. The lowest BCUT2D eigenvalue weighted by atomic mass is 10.0. The number of nitrogens with zero attached hydrogens (tertiary/aromatic N) is 1. The SMILES string of the molecule is N/C=C\C=C/Cc1ccc2c3ccc4cc(/C(N)=C/C=C\C/C=C/C=C\N)ccc4c3n(-c3ccccc3)c2c1. The Morgan fingerprint density at radius 2 is 1.40 bits per heavy atom. The fourth-order valence-electron chi connectivity index (χ4n) is 5.03. The fourth-order valence-corrected chi connectivity index (χ4v) is 5.03. The van der Waals surface area contributed by atoms with Gasteiger partial charge >= 0.3 is 0 Å². The second kappa shape index (κ2) is 12.5. The van der Waals surface area contributed by atoms with Gasteiger partial charge in [-0.3, -0.25) is 0 Å². The zero-order valence-corrected chi connectivity index (χ0v) is 22.4. The predicted octanol–water partition coefficient (Wildman–Crippen LogP) is 7.78. The molecule has 0 spiro atoms. The number of nitrogens with two attached hydrogens (primary N) is 3. The molecule has 0 aliphatic rings. The Kier molecular flexibility index (Phi) is 8.28. The van der Waals surface area contributed by atoms with E-state index in [9.17, 15) is 0 Å². The molecule has 0 aliphatic carbocycles. The molecule has 1 aromatic heterocycles. The van der Waals surface area contributed by atoms with Crippen molar-refractivity contribution in [3.8, 4) is 5.69 Å². The Morgan fingerprint density at radius 1 is 0.675 bits per heavy atom. The van der Waals surface area contributed by atoms with E-state index in [2.05, 4.69) is 95.6 Å². The van der Waals surface area contributed by atoms with E-state index in [0.29, 0.717) is 0 Å². The average Bonchev–Trinajstić information content (AvgIpc) is 3.33. The molecule has 0 aliphatic heterocycles. The molecule has 0 saturated carbocycles. The van der Waals surface area contributed by atoms with Crippen molar-refractivity contribution < 1.29 is 0 Å². The van der Waals surface area contributed by atoms with Crippen LogP contribution in [0, 0.1) is 0 Å². The molecular weight excluding hydrogens is 488 g/mol. The maximum Gasteiger partial charge on any atom is 0.0619 e. The van der Waals surface area contributed by atoms with Crippen LogP contribution in [0.5, 0.6) is 0 Å². The van der Waals surface area contributed by atoms with Crippen LogP contribution in [0.2, 0.25) is 0 Å². The van der Waals surface area contributed by atoms with Crippen molar-refractivity contribution in [2.75, 3.05) is 0 Å². The molecule has 0 amide bonds. The lowest BCUT2D eigenvalue weighted by Gasteiger charge is -2.11. The molecule has 4 aromatic carbocycles. The van der Waals surface area contributed by atoms with Gasteiger partial charge in [-0.2, -0.15) is 0 Å². The quantitative estimate of drug-likeness (QED) is 0.173. The van der Waals surface area contributed by atoms with E-state index in [0.717, 1.165) is 35.2 Å². The average molecular weight is 523 g/mol. The summed E-state index contributed by atoms with van der Waals surface area (Å²) in [5.41, 5.74) is 23.8. The Bertz CT molecular complexity index is 1810. The van der Waals surface area contributed by atoms with E-state index in [1.54, 1.807) is 12.3 Å². The zero-order valence-electron chi connectivity index (χ0n) is 22.4. The van der Waals surface area contributed by atoms with Gasteiger partial charge in [0.05, 0.1) is 11.0 Å². The van der Waals surface area contributed by atoms with Gasteiger partial charge in [-0.15, -0.1) is 0 Å². The third-order valence-electron chi connectivity index (χ3n) is 6.91. The molecule has 0 fully saturated rings. The highest BCUT2D eigenvalue weighted by Crippen LogP contribution is 2.37. The van der Waals surface area contributed by atoms with Gasteiger partial charge in [-0.05, 0) is 84.2 Å². The molecule has 5 aromatic rings. The van der Waals surface area contributed by atoms with Gasteiger partial charge in [0.25, 0.3) is 0 Å². The minimum absolute atomic E-state index is 0.731. The van der Waals surface area contributed by atoms with Crippen molar-refractivity contribution in [1.82, 2.24) is 4.57 Å². The van der Waals surface area contributed by atoms with E-state index in [-0.39, 0.29) is 0 Å². The second-order valence-corrected chi connectivity index (χ2v) is 9.54. The molecule has 4 heteroatoms. The summed E-state index contributed by atoms with van der Waals surface area (Å²) < 4.78 is 2.38. The number of fused-ring (bicyclic) bond motifs is 5. The molecule has 0 atom stereocenters. The van der Waals surface area contributed by atoms with Crippen LogP contribution in [0.4, 0.5) is 0 Å². The molecule has 0 bridgehead atoms. The van der Waals surface area contributed by atoms with Crippen LogP contribution >= 0.6 is 0 Å². The summed E-state index contributed by atoms with van der Waals surface area (Å²) >= 11 is 0. The standard InChI is InChI=1S/C36H34N4/c37-23-11-4-2-1-3-10-16-34(39)29-19-21-31-28(26-29)18-22-33-32-20-17-27(13-7-6-12-24-38)25-35(32)40(36(31)33)30-14-8-5-9-15-30/h2-12,14-26H,1,13,37-39H2/b4-2+,7-6-,10-3-,23-11-,24-12-,34-16-. The Morgan fingerprint density at radius 3 is 2.20 bits per heavy atom. The first-order valence-electron chi connectivity index (χ1n) is 13.5. The Balaban J connectivity index is 1.60. The molecule has 0 unspecified atom stereocenters. The van der Waals surface area contributed by atoms with E-state index in [4.69, 9.17) is 17.2 Å². The molecule has 198 valence electrons. The van der Waals surface area contributed by atoms with Gasteiger partial charge in [0.2, 0.25) is 0 Å². The lowest BCUT2D eigenvalue weighted by molar-refractivity contribution is 1.18. The van der Waals surface area contributed by atoms with Gasteiger partial charge in [0, 0.05) is 27.5 Å². The summed E-state index contributed by atoms with van der Waals surface area (Å²) in [6.07, 6.45) is 22.4. The van der Waals surface area contributed by atoms with Crippen molar-refractivity contribution >= 4 is 38.3 Å². The summed E-state index contributed by atoms with van der Waals surface area (Å²) in [5.74, 6) is 0. The Hall–Kier alpha value is -5.22. The van der Waals surface area contributed by atoms with Crippen molar-refractivity contribution in [3.05, 3.63) is 157 Å². The van der Waals surface area contributed by atoms with Gasteiger partial charge in [0.1, 0.15) is 0 Å². The van der Waals surface area contributed by atoms with Gasteiger partial charge in [-0.25, -0.2) is 0 Å². The lowest BCUT2D eigenvalue weighted by Crippen LogP contribution is -1.97. The van der Waals surface area contributed by atoms with Gasteiger partial charge in [0.15, 0.2) is 0 Å². The van der Waals surface area contributed by atoms with Crippen LogP contribution in [-0.2, 0) is 6.42 Å². The number of hydrogen-bond acceptors (Lipinski definition) is 3. The molecule has 0 radical (unpaired) electrons. The first-order chi connectivity index (χ1) is 19.7. The summed E-state index contributed by atoms with van der Waals surface area (Å²) in [7, 11) is 0. The van der Waals surface area contributed by atoms with Crippen LogP contribution in [0.3, 0.4) is 0 Å². The van der Waals surface area contributed by atoms with E-state index >= 15 is 0 Å². The first kappa shape index (κ1) is 26.4. The molecule has 4 nitrogen and oxygen atoms in total. The molecule has 40 heavy (non-hydrogen) atoms. The molecule has 6 N–H and O–H groups in total. The number of allylic oxidation sites excluding steroid dienone is 9. The van der Waals surface area contributed by atoms with Crippen molar-refractivity contribution in [3.63, 3.8) is 0 Å². The number of hydrogen-bond donors (Lipinski definition) is 3. The third kappa shape index (κ3) is 5.62. The number of benzene rings is 4. The number of para-hydroxylation sites is 1. The first-order valence-corrected chi connectivity index (χ1v) is 13.5. The van der Waals surface area contributed by atoms with Crippen molar-refractivity contribution in [1.29, 1.82) is 0 Å². The van der Waals surface area contributed by atoms with Gasteiger partial charge < -0.3 is 21.8 Å². The van der Waals surface area contributed by atoms with E-state index in [1.807, 2.05) is 36.5 Å². The summed E-state index contributed by atoms with van der Waals surface area (Å²) in [6, 6.07) is 28.2. The van der Waals surface area contributed by atoms with E-state index < -0.39 is 0 Å². The summed E-state index contributed by atoms with van der Waals surface area (Å²) in [6.45, 7) is 0. The highest BCUT2D eigenvalue weighted by atomic mass is 15.0. The normalized spacial score (nSPS) is 13.2. The van der Waals surface area contributed by atoms with Crippen molar-refractivity contribution in [2.45, 2.75) is 12.8 Å². The predicted molar refractivity (Wildman–Crippen MR) is 173 cm³/mol.